The van der Waals surface area contributed by atoms with E-state index in [-0.39, 0.29) is 0 Å². The fraction of sp³-hybridized carbons (Fsp3) is 0.692. The average molecular weight is 533 g/mol. The maximum Gasteiger partial charge on any atom is -0.0147 e. The van der Waals surface area contributed by atoms with E-state index in [9.17, 15) is 0 Å². The Morgan fingerprint density at radius 3 is 1.05 bits per heavy atom. The van der Waals surface area contributed by atoms with Crippen molar-refractivity contribution in [3.8, 4) is 0 Å². The second kappa shape index (κ2) is 19.5. The Morgan fingerprint density at radius 1 is 0.385 bits per heavy atom. The molecule has 0 amide bonds. The van der Waals surface area contributed by atoms with Crippen molar-refractivity contribution in [3.63, 3.8) is 0 Å². The minimum absolute atomic E-state index is 0.568. The third-order valence-electron chi connectivity index (χ3n) is 8.84. The van der Waals surface area contributed by atoms with Crippen LogP contribution in [0.4, 0.5) is 0 Å². The van der Waals surface area contributed by atoms with E-state index >= 15 is 0 Å². The number of hydrogen-bond acceptors (Lipinski definition) is 0. The first-order valence-electron chi connectivity index (χ1n) is 17.3. The number of benzene rings is 2. The first kappa shape index (κ1) is 33.6. The van der Waals surface area contributed by atoms with Gasteiger partial charge in [0.1, 0.15) is 0 Å². The van der Waals surface area contributed by atoms with Crippen molar-refractivity contribution >= 4 is 0 Å². The van der Waals surface area contributed by atoms with Crippen molar-refractivity contribution in [1.82, 2.24) is 0 Å². The van der Waals surface area contributed by atoms with Gasteiger partial charge in [0.05, 0.1) is 0 Å². The van der Waals surface area contributed by atoms with Crippen LogP contribution < -0.4 is 0 Å². The monoisotopic (exact) mass is 533 g/mol. The number of hydrogen-bond donors (Lipinski definition) is 0. The highest BCUT2D eigenvalue weighted by atomic mass is 14.2. The zero-order valence-corrected chi connectivity index (χ0v) is 27.3. The van der Waals surface area contributed by atoms with Crippen LogP contribution in [0.25, 0.3) is 0 Å². The van der Waals surface area contributed by atoms with E-state index in [1.807, 2.05) is 0 Å². The van der Waals surface area contributed by atoms with Crippen molar-refractivity contribution in [2.75, 3.05) is 0 Å². The Hall–Kier alpha value is -1.56. The molecular weight excluding hydrogens is 468 g/mol. The Labute approximate surface area is 244 Å². The standard InChI is InChI=1S/C39H64/c1-8-14-20-32-27-35(23-17-11-4)38(29-34(32)22-16-10-3)26-31(7)39-30-36(24-18-12-5)33(21-15-9-2)28-37(39)25-19-13-6/h27-31H,8-26H2,1-7H3. The Balaban J connectivity index is 2.52. The molecule has 0 bridgehead atoms. The van der Waals surface area contributed by atoms with Crippen LogP contribution in [0.2, 0.25) is 0 Å². The summed E-state index contributed by atoms with van der Waals surface area (Å²) in [6, 6.07) is 10.6. The van der Waals surface area contributed by atoms with E-state index in [0.717, 1.165) is 0 Å². The second-order valence-corrected chi connectivity index (χ2v) is 12.4. The first-order valence-corrected chi connectivity index (χ1v) is 17.3. The molecule has 2 aromatic rings. The van der Waals surface area contributed by atoms with Crippen LogP contribution in [0, 0.1) is 0 Å². The van der Waals surface area contributed by atoms with E-state index < -0.39 is 0 Å². The summed E-state index contributed by atoms with van der Waals surface area (Å²) in [4.78, 5) is 0. The molecule has 1 unspecified atom stereocenters. The summed E-state index contributed by atoms with van der Waals surface area (Å²) in [5.41, 5.74) is 13.2. The van der Waals surface area contributed by atoms with Gasteiger partial charge in [-0.2, -0.15) is 0 Å². The predicted molar refractivity (Wildman–Crippen MR) is 177 cm³/mol. The van der Waals surface area contributed by atoms with E-state index in [2.05, 4.69) is 72.7 Å². The Morgan fingerprint density at radius 2 is 0.667 bits per heavy atom. The maximum atomic E-state index is 2.68. The lowest BCUT2D eigenvalue weighted by atomic mass is 9.82. The van der Waals surface area contributed by atoms with Gasteiger partial charge in [-0.25, -0.2) is 0 Å². The summed E-state index contributed by atoms with van der Waals surface area (Å²) in [6.07, 6.45) is 24.2. The van der Waals surface area contributed by atoms with Gasteiger partial charge in [-0.05, 0) is 134 Å². The zero-order chi connectivity index (χ0) is 28.5. The molecule has 0 spiro atoms. The molecule has 2 rings (SSSR count). The van der Waals surface area contributed by atoms with Gasteiger partial charge in [0.25, 0.3) is 0 Å². The van der Waals surface area contributed by atoms with Crippen LogP contribution in [-0.2, 0) is 44.9 Å². The van der Waals surface area contributed by atoms with Gasteiger partial charge in [0, 0.05) is 0 Å². The number of rotatable bonds is 21. The molecule has 0 heteroatoms. The molecule has 1 atom stereocenters. The van der Waals surface area contributed by atoms with Crippen molar-refractivity contribution in [2.24, 2.45) is 0 Å². The first-order chi connectivity index (χ1) is 19.0. The summed E-state index contributed by atoms with van der Waals surface area (Å²) < 4.78 is 0. The summed E-state index contributed by atoms with van der Waals surface area (Å²) in [7, 11) is 0. The second-order valence-electron chi connectivity index (χ2n) is 12.4. The fourth-order valence-electron chi connectivity index (χ4n) is 6.22. The third-order valence-corrected chi connectivity index (χ3v) is 8.84. The van der Waals surface area contributed by atoms with Gasteiger partial charge in [0.15, 0.2) is 0 Å². The average Bonchev–Trinajstić information content (AvgIpc) is 2.95. The highest BCUT2D eigenvalue weighted by Gasteiger charge is 2.18. The van der Waals surface area contributed by atoms with Crippen LogP contribution in [0.1, 0.15) is 176 Å². The summed E-state index contributed by atoms with van der Waals surface area (Å²) >= 11 is 0. The van der Waals surface area contributed by atoms with Gasteiger partial charge < -0.3 is 0 Å². The number of unbranched alkanes of at least 4 members (excludes halogenated alkanes) is 6. The van der Waals surface area contributed by atoms with E-state index in [1.165, 1.54) is 122 Å². The van der Waals surface area contributed by atoms with Gasteiger partial charge in [0.2, 0.25) is 0 Å². The quantitative estimate of drug-likeness (QED) is 0.150. The lowest BCUT2D eigenvalue weighted by Gasteiger charge is -2.23. The number of aryl methyl sites for hydroxylation is 6. The van der Waals surface area contributed by atoms with Crippen molar-refractivity contribution in [1.29, 1.82) is 0 Å². The summed E-state index contributed by atoms with van der Waals surface area (Å²) in [5, 5.41) is 0. The molecule has 0 saturated carbocycles. The van der Waals surface area contributed by atoms with Gasteiger partial charge >= 0.3 is 0 Å². The molecule has 0 fully saturated rings. The topological polar surface area (TPSA) is 0 Å². The smallest absolute Gasteiger partial charge is 0.0147 e. The molecule has 0 saturated heterocycles. The van der Waals surface area contributed by atoms with E-state index in [1.54, 1.807) is 44.5 Å². The Kier molecular flexibility index (Phi) is 16.8. The lowest BCUT2D eigenvalue weighted by Crippen LogP contribution is -2.10. The minimum Gasteiger partial charge on any atom is -0.0654 e. The molecule has 220 valence electrons. The molecule has 0 radical (unpaired) electrons. The predicted octanol–water partition coefficient (Wildman–Crippen LogP) is 12.1. The van der Waals surface area contributed by atoms with Crippen LogP contribution in [0.5, 0.6) is 0 Å². The molecule has 0 heterocycles. The van der Waals surface area contributed by atoms with Crippen molar-refractivity contribution in [2.45, 2.75) is 176 Å². The van der Waals surface area contributed by atoms with Crippen LogP contribution in [0.15, 0.2) is 24.3 Å². The van der Waals surface area contributed by atoms with Crippen LogP contribution in [-0.4, -0.2) is 0 Å². The fourth-order valence-corrected chi connectivity index (χ4v) is 6.22. The molecule has 2 aromatic carbocycles. The zero-order valence-electron chi connectivity index (χ0n) is 27.3. The molecule has 0 nitrogen and oxygen atoms in total. The van der Waals surface area contributed by atoms with Crippen molar-refractivity contribution < 1.29 is 0 Å². The molecule has 39 heavy (non-hydrogen) atoms. The van der Waals surface area contributed by atoms with Crippen LogP contribution in [0.3, 0.4) is 0 Å². The normalized spacial score (nSPS) is 12.3. The Bertz CT molecular complexity index is 934. The minimum atomic E-state index is 0.568. The van der Waals surface area contributed by atoms with E-state index in [0.29, 0.717) is 5.92 Å². The van der Waals surface area contributed by atoms with Crippen LogP contribution >= 0.6 is 0 Å². The molecule has 0 aliphatic rings. The van der Waals surface area contributed by atoms with Gasteiger partial charge in [-0.15, -0.1) is 0 Å². The highest BCUT2D eigenvalue weighted by molar-refractivity contribution is 5.44. The summed E-state index contributed by atoms with van der Waals surface area (Å²) in [6.45, 7) is 16.5. The largest absolute Gasteiger partial charge is 0.0654 e. The third kappa shape index (κ3) is 11.1. The van der Waals surface area contributed by atoms with Crippen molar-refractivity contribution in [3.05, 3.63) is 68.8 Å². The lowest BCUT2D eigenvalue weighted by molar-refractivity contribution is 0.698. The molecule has 0 N–H and O–H groups in total. The molecule has 0 aromatic heterocycles. The molecular formula is C39H64. The van der Waals surface area contributed by atoms with Gasteiger partial charge in [-0.1, -0.05) is 111 Å². The SMILES string of the molecule is CCCCc1cc(CCCC)c(CC(C)c2cc(CCCC)c(CCCC)cc2CCCC)cc1CCCC. The molecule has 0 aliphatic heterocycles. The summed E-state index contributed by atoms with van der Waals surface area (Å²) in [5.74, 6) is 0.568. The maximum absolute atomic E-state index is 2.68. The molecule has 0 aliphatic carbocycles. The van der Waals surface area contributed by atoms with E-state index in [4.69, 9.17) is 0 Å². The van der Waals surface area contributed by atoms with Gasteiger partial charge in [-0.3, -0.25) is 0 Å². The highest BCUT2D eigenvalue weighted by Crippen LogP contribution is 2.32.